The molecule has 2 bridgehead atoms. The first kappa shape index (κ1) is 21.7. The second-order valence-electron chi connectivity index (χ2n) is 9.81. The molecule has 3 saturated heterocycles. The summed E-state index contributed by atoms with van der Waals surface area (Å²) in [4.78, 5) is 24.7. The van der Waals surface area contributed by atoms with E-state index < -0.39 is 0 Å². The van der Waals surface area contributed by atoms with Crippen LogP contribution < -0.4 is 4.90 Å². The van der Waals surface area contributed by atoms with E-state index in [0.717, 1.165) is 55.9 Å². The molecule has 172 valence electrons. The average molecular weight is 439 g/mol. The van der Waals surface area contributed by atoms with Crippen molar-refractivity contribution < 1.29 is 10.3 Å². The lowest BCUT2D eigenvalue weighted by Crippen LogP contribution is -2.59. The maximum Gasteiger partial charge on any atom is 0.138 e. The summed E-state index contributed by atoms with van der Waals surface area (Å²) >= 11 is 0. The minimum atomic E-state index is 0. The normalized spacial score (nSPS) is 29.2. The molecule has 0 amide bonds. The number of piperazine rings is 1. The van der Waals surface area contributed by atoms with Crippen LogP contribution in [0.1, 0.15) is 39.0 Å². The SMILES string of the molecule is CCON1CC2(CC[C@H](N3[C@@H]4CC[C@H]3CN(c3ncccc3-c3cnccn3)C4)C2)C1.O. The first-order valence-corrected chi connectivity index (χ1v) is 11.9. The average Bonchev–Trinajstić information content (AvgIpc) is 3.33. The van der Waals surface area contributed by atoms with Gasteiger partial charge in [-0.1, -0.05) is 0 Å². The summed E-state index contributed by atoms with van der Waals surface area (Å²) in [6, 6.07) is 6.15. The highest BCUT2D eigenvalue weighted by atomic mass is 16.7. The van der Waals surface area contributed by atoms with Crippen molar-refractivity contribution in [1.82, 2.24) is 24.9 Å². The molecule has 8 heteroatoms. The molecular formula is C24H34N6O2. The topological polar surface area (TPSA) is 89.1 Å². The Morgan fingerprint density at radius 3 is 2.56 bits per heavy atom. The molecule has 1 saturated carbocycles. The van der Waals surface area contributed by atoms with Crippen LogP contribution in [0.15, 0.2) is 36.9 Å². The third kappa shape index (κ3) is 3.69. The van der Waals surface area contributed by atoms with E-state index in [1.165, 1.54) is 32.1 Å². The molecule has 32 heavy (non-hydrogen) atoms. The van der Waals surface area contributed by atoms with Gasteiger partial charge in [-0.05, 0) is 51.2 Å². The maximum atomic E-state index is 5.71. The molecule has 2 N–H and O–H groups in total. The summed E-state index contributed by atoms with van der Waals surface area (Å²) in [5.74, 6) is 1.06. The Kier molecular flexibility index (Phi) is 5.88. The van der Waals surface area contributed by atoms with Gasteiger partial charge in [-0.3, -0.25) is 19.7 Å². The van der Waals surface area contributed by atoms with Crippen LogP contribution in [0.5, 0.6) is 0 Å². The van der Waals surface area contributed by atoms with Crippen LogP contribution in [-0.2, 0) is 4.84 Å². The molecule has 0 aromatic carbocycles. The Morgan fingerprint density at radius 1 is 1.03 bits per heavy atom. The lowest BCUT2D eigenvalue weighted by atomic mass is 9.79. The van der Waals surface area contributed by atoms with E-state index in [-0.39, 0.29) is 5.48 Å². The maximum absolute atomic E-state index is 5.71. The van der Waals surface area contributed by atoms with Crippen molar-refractivity contribution in [2.24, 2.45) is 5.41 Å². The van der Waals surface area contributed by atoms with Crippen LogP contribution in [0.4, 0.5) is 5.82 Å². The predicted octanol–water partition coefficient (Wildman–Crippen LogP) is 2.17. The highest BCUT2D eigenvalue weighted by Crippen LogP contribution is 2.49. The minimum absolute atomic E-state index is 0. The van der Waals surface area contributed by atoms with Crippen molar-refractivity contribution in [2.45, 2.75) is 57.2 Å². The Morgan fingerprint density at radius 2 is 1.84 bits per heavy atom. The highest BCUT2D eigenvalue weighted by Gasteiger charge is 2.53. The van der Waals surface area contributed by atoms with Crippen molar-refractivity contribution in [3.8, 4) is 11.3 Å². The Bertz CT molecular complexity index is 908. The van der Waals surface area contributed by atoms with E-state index >= 15 is 0 Å². The molecule has 2 aromatic heterocycles. The second-order valence-corrected chi connectivity index (χ2v) is 9.81. The fraction of sp³-hybridized carbons (Fsp3) is 0.625. The molecular weight excluding hydrogens is 404 g/mol. The predicted molar refractivity (Wildman–Crippen MR) is 123 cm³/mol. The van der Waals surface area contributed by atoms with Crippen LogP contribution >= 0.6 is 0 Å². The van der Waals surface area contributed by atoms with Crippen molar-refractivity contribution in [2.75, 3.05) is 37.7 Å². The van der Waals surface area contributed by atoms with Crippen molar-refractivity contribution in [3.63, 3.8) is 0 Å². The van der Waals surface area contributed by atoms with E-state index in [2.05, 4.69) is 37.8 Å². The van der Waals surface area contributed by atoms with Gasteiger partial charge in [0.2, 0.25) is 0 Å². The van der Waals surface area contributed by atoms with Gasteiger partial charge in [0.25, 0.3) is 0 Å². The van der Waals surface area contributed by atoms with Crippen LogP contribution in [0, 0.1) is 5.41 Å². The Hall–Kier alpha value is -2.13. The first-order valence-electron chi connectivity index (χ1n) is 11.9. The lowest BCUT2D eigenvalue weighted by molar-refractivity contribution is -0.246. The van der Waals surface area contributed by atoms with Crippen LogP contribution in [0.3, 0.4) is 0 Å². The molecule has 1 aliphatic carbocycles. The van der Waals surface area contributed by atoms with E-state index in [1.54, 1.807) is 12.4 Å². The number of anilines is 1. The highest BCUT2D eigenvalue weighted by molar-refractivity contribution is 5.72. The van der Waals surface area contributed by atoms with Crippen LogP contribution in [0.2, 0.25) is 0 Å². The molecule has 2 aromatic rings. The van der Waals surface area contributed by atoms with Gasteiger partial charge in [0.1, 0.15) is 5.82 Å². The number of rotatable bonds is 5. The molecule has 3 atom stereocenters. The summed E-state index contributed by atoms with van der Waals surface area (Å²) in [5.41, 5.74) is 2.51. The number of hydroxylamine groups is 2. The zero-order chi connectivity index (χ0) is 20.8. The molecule has 8 nitrogen and oxygen atoms in total. The lowest BCUT2D eigenvalue weighted by Gasteiger charge is -2.49. The summed E-state index contributed by atoms with van der Waals surface area (Å²) in [6.07, 6.45) is 13.9. The number of fused-ring (bicyclic) bond motifs is 2. The molecule has 5 heterocycles. The van der Waals surface area contributed by atoms with Gasteiger partial charge in [-0.2, -0.15) is 5.06 Å². The zero-order valence-corrected chi connectivity index (χ0v) is 18.9. The van der Waals surface area contributed by atoms with Crippen molar-refractivity contribution in [1.29, 1.82) is 0 Å². The van der Waals surface area contributed by atoms with E-state index in [1.807, 2.05) is 18.5 Å². The fourth-order valence-electron chi connectivity index (χ4n) is 6.69. The second kappa shape index (κ2) is 8.67. The van der Waals surface area contributed by atoms with Crippen molar-refractivity contribution >= 4 is 5.82 Å². The molecule has 0 radical (unpaired) electrons. The molecule has 6 rings (SSSR count). The molecule has 3 aliphatic heterocycles. The van der Waals surface area contributed by atoms with E-state index in [0.29, 0.717) is 17.5 Å². The summed E-state index contributed by atoms with van der Waals surface area (Å²) in [7, 11) is 0. The fourth-order valence-corrected chi connectivity index (χ4v) is 6.69. The largest absolute Gasteiger partial charge is 0.412 e. The van der Waals surface area contributed by atoms with E-state index in [9.17, 15) is 0 Å². The first-order chi connectivity index (χ1) is 15.2. The van der Waals surface area contributed by atoms with Gasteiger partial charge in [-0.15, -0.1) is 0 Å². The number of pyridine rings is 1. The van der Waals surface area contributed by atoms with Gasteiger partial charge in [0.05, 0.1) is 18.5 Å². The molecule has 0 unspecified atom stereocenters. The number of nitrogens with zero attached hydrogens (tertiary/aromatic N) is 6. The summed E-state index contributed by atoms with van der Waals surface area (Å²) in [6.45, 7) is 7.25. The third-order valence-electron chi connectivity index (χ3n) is 7.90. The quantitative estimate of drug-likeness (QED) is 0.707. The monoisotopic (exact) mass is 438 g/mol. The van der Waals surface area contributed by atoms with Gasteiger partial charge in [0.15, 0.2) is 0 Å². The van der Waals surface area contributed by atoms with Crippen molar-refractivity contribution in [3.05, 3.63) is 36.9 Å². The van der Waals surface area contributed by atoms with Gasteiger partial charge >= 0.3 is 0 Å². The van der Waals surface area contributed by atoms with Crippen LogP contribution in [0.25, 0.3) is 11.3 Å². The Balaban J connectivity index is 0.00000216. The third-order valence-corrected chi connectivity index (χ3v) is 7.90. The van der Waals surface area contributed by atoms with Gasteiger partial charge in [-0.25, -0.2) is 4.98 Å². The standard InChI is InChI=1S/C24H32N6O.H2O/c1-2-31-29-16-24(17-29)8-7-18(12-24)30-19-5-6-20(30)15-28(14-19)23-21(4-3-9-27-23)22-13-25-10-11-26-22;/h3-4,9-11,13,18-20H,2,5-8,12,14-17H2,1H3;1H2/t18-,19-,20+;/m0./s1. The Labute approximate surface area is 189 Å². The smallest absolute Gasteiger partial charge is 0.138 e. The zero-order valence-electron chi connectivity index (χ0n) is 18.9. The minimum Gasteiger partial charge on any atom is -0.412 e. The molecule has 4 fully saturated rings. The number of hydrogen-bond acceptors (Lipinski definition) is 7. The molecule has 4 aliphatic rings. The van der Waals surface area contributed by atoms with Crippen LogP contribution in [-0.4, -0.2) is 81.3 Å². The van der Waals surface area contributed by atoms with Gasteiger partial charge < -0.3 is 10.4 Å². The van der Waals surface area contributed by atoms with Gasteiger partial charge in [0, 0.05) is 73.9 Å². The number of aromatic nitrogens is 3. The summed E-state index contributed by atoms with van der Waals surface area (Å²) in [5, 5.41) is 2.17. The number of hydrogen-bond donors (Lipinski definition) is 0. The molecule has 1 spiro atoms. The van der Waals surface area contributed by atoms with E-state index in [4.69, 9.17) is 9.82 Å². The summed E-state index contributed by atoms with van der Waals surface area (Å²) < 4.78 is 0.